The van der Waals surface area contributed by atoms with Crippen molar-refractivity contribution in [2.24, 2.45) is 0 Å². The Morgan fingerprint density at radius 1 is 0.931 bits per heavy atom. The molecule has 0 bridgehead atoms. The van der Waals surface area contributed by atoms with Crippen LogP contribution in [0.1, 0.15) is 17.3 Å². The molecule has 8 heteroatoms. The van der Waals surface area contributed by atoms with Crippen LogP contribution >= 0.6 is 0 Å². The molecule has 3 rings (SSSR count). The predicted molar refractivity (Wildman–Crippen MR) is 107 cm³/mol. The summed E-state index contributed by atoms with van der Waals surface area (Å²) in [5, 5.41) is 2.48. The minimum atomic E-state index is -3.99. The van der Waals surface area contributed by atoms with Gasteiger partial charge in [-0.25, -0.2) is 17.2 Å². The van der Waals surface area contributed by atoms with Crippen LogP contribution in [0, 0.1) is 11.6 Å². The molecule has 0 aliphatic heterocycles. The second-order valence-electron chi connectivity index (χ2n) is 6.08. The molecule has 0 radical (unpaired) electrons. The van der Waals surface area contributed by atoms with Gasteiger partial charge in [0.1, 0.15) is 4.90 Å². The number of para-hydroxylation sites is 2. The lowest BCUT2D eigenvalue weighted by Crippen LogP contribution is -2.31. The van der Waals surface area contributed by atoms with E-state index >= 15 is 0 Å². The Bertz CT molecular complexity index is 1140. The van der Waals surface area contributed by atoms with Crippen molar-refractivity contribution in [3.05, 3.63) is 90.0 Å². The third-order valence-corrected chi connectivity index (χ3v) is 6.18. The fraction of sp³-hybridized carbons (Fsp3) is 0.0952. The van der Waals surface area contributed by atoms with Crippen molar-refractivity contribution >= 4 is 27.3 Å². The molecule has 1 amide bonds. The van der Waals surface area contributed by atoms with Gasteiger partial charge in [-0.1, -0.05) is 30.3 Å². The van der Waals surface area contributed by atoms with Crippen LogP contribution in [0.3, 0.4) is 0 Å². The Balaban J connectivity index is 1.97. The normalized spacial score (nSPS) is 11.1. The standard InChI is InChI=1S/C21H18F2N2O3S/c1-2-25(16-8-4-3-5-9-16)29(27,28)20-11-7-6-10-19(20)24-21(26)15-12-13-17(22)18(23)14-15/h3-14H,2H2,1H3,(H,24,26). The Hall–Kier alpha value is -3.26. The number of carbonyl (C=O) groups excluding carboxylic acids is 1. The molecule has 0 aromatic heterocycles. The molecular formula is C21H18F2N2O3S. The minimum Gasteiger partial charge on any atom is -0.321 e. The molecule has 29 heavy (non-hydrogen) atoms. The number of benzene rings is 3. The van der Waals surface area contributed by atoms with Crippen LogP contribution in [0.15, 0.2) is 77.7 Å². The van der Waals surface area contributed by atoms with Crippen LogP contribution < -0.4 is 9.62 Å². The van der Waals surface area contributed by atoms with Gasteiger partial charge in [-0.05, 0) is 49.4 Å². The first-order valence-electron chi connectivity index (χ1n) is 8.78. The molecule has 0 fully saturated rings. The molecule has 0 spiro atoms. The highest BCUT2D eigenvalue weighted by atomic mass is 32.2. The lowest BCUT2D eigenvalue weighted by atomic mass is 10.2. The van der Waals surface area contributed by atoms with E-state index in [1.54, 1.807) is 49.4 Å². The summed E-state index contributed by atoms with van der Waals surface area (Å²) in [7, 11) is -3.99. The topological polar surface area (TPSA) is 66.5 Å². The first-order chi connectivity index (χ1) is 13.8. The number of carbonyl (C=O) groups is 1. The SMILES string of the molecule is CCN(c1ccccc1)S(=O)(=O)c1ccccc1NC(=O)c1ccc(F)c(F)c1. The summed E-state index contributed by atoms with van der Waals surface area (Å²) >= 11 is 0. The van der Waals surface area contributed by atoms with E-state index in [4.69, 9.17) is 0 Å². The van der Waals surface area contributed by atoms with Crippen LogP contribution in [-0.2, 0) is 10.0 Å². The summed E-state index contributed by atoms with van der Waals surface area (Å²) in [4.78, 5) is 12.3. The molecule has 5 nitrogen and oxygen atoms in total. The second kappa shape index (κ2) is 8.40. The van der Waals surface area contributed by atoms with Gasteiger partial charge in [0.05, 0.1) is 11.4 Å². The summed E-state index contributed by atoms with van der Waals surface area (Å²) < 4.78 is 54.3. The zero-order chi connectivity index (χ0) is 21.0. The summed E-state index contributed by atoms with van der Waals surface area (Å²) in [5.41, 5.74) is 0.389. The lowest BCUT2D eigenvalue weighted by molar-refractivity contribution is 0.102. The minimum absolute atomic E-state index is 0.0385. The van der Waals surface area contributed by atoms with E-state index in [9.17, 15) is 22.0 Å². The van der Waals surface area contributed by atoms with Crippen LogP contribution in [0.4, 0.5) is 20.2 Å². The van der Waals surface area contributed by atoms with E-state index in [1.807, 2.05) is 0 Å². The zero-order valence-corrected chi connectivity index (χ0v) is 16.3. The number of nitrogens with one attached hydrogen (secondary N) is 1. The Labute approximate surface area is 167 Å². The molecule has 1 N–H and O–H groups in total. The van der Waals surface area contributed by atoms with Gasteiger partial charge in [0, 0.05) is 12.1 Å². The molecule has 0 saturated heterocycles. The third-order valence-electron chi connectivity index (χ3n) is 4.22. The lowest BCUT2D eigenvalue weighted by Gasteiger charge is -2.24. The predicted octanol–water partition coefficient (Wildman–Crippen LogP) is 4.43. The van der Waals surface area contributed by atoms with Gasteiger partial charge < -0.3 is 5.32 Å². The van der Waals surface area contributed by atoms with Gasteiger partial charge in [-0.3, -0.25) is 9.10 Å². The number of hydrogen-bond donors (Lipinski definition) is 1. The molecule has 3 aromatic carbocycles. The average Bonchev–Trinajstić information content (AvgIpc) is 2.71. The fourth-order valence-corrected chi connectivity index (χ4v) is 4.46. The van der Waals surface area contributed by atoms with Gasteiger partial charge in [0.25, 0.3) is 15.9 Å². The van der Waals surface area contributed by atoms with Gasteiger partial charge in [0.2, 0.25) is 0 Å². The van der Waals surface area contributed by atoms with Gasteiger partial charge in [-0.2, -0.15) is 0 Å². The summed E-state index contributed by atoms with van der Waals surface area (Å²) in [6.07, 6.45) is 0. The van der Waals surface area contributed by atoms with Crippen LogP contribution in [0.25, 0.3) is 0 Å². The van der Waals surface area contributed by atoms with Gasteiger partial charge >= 0.3 is 0 Å². The van der Waals surface area contributed by atoms with Crippen molar-refractivity contribution in [3.63, 3.8) is 0 Å². The highest BCUT2D eigenvalue weighted by Crippen LogP contribution is 2.28. The summed E-state index contributed by atoms with van der Waals surface area (Å²) in [6.45, 7) is 1.88. The maximum atomic E-state index is 13.4. The van der Waals surface area contributed by atoms with E-state index in [0.29, 0.717) is 5.69 Å². The summed E-state index contributed by atoms with van der Waals surface area (Å²) in [5.74, 6) is -3.00. The number of nitrogens with zero attached hydrogens (tertiary/aromatic N) is 1. The molecule has 0 saturated carbocycles. The number of sulfonamides is 1. The number of rotatable bonds is 6. The maximum absolute atomic E-state index is 13.4. The molecular weight excluding hydrogens is 398 g/mol. The fourth-order valence-electron chi connectivity index (χ4n) is 2.83. The molecule has 3 aromatic rings. The van der Waals surface area contributed by atoms with Crippen molar-refractivity contribution in [2.45, 2.75) is 11.8 Å². The quantitative estimate of drug-likeness (QED) is 0.646. The van der Waals surface area contributed by atoms with Crippen molar-refractivity contribution in [3.8, 4) is 0 Å². The maximum Gasteiger partial charge on any atom is 0.266 e. The van der Waals surface area contributed by atoms with Gasteiger partial charge in [-0.15, -0.1) is 0 Å². The van der Waals surface area contributed by atoms with Crippen molar-refractivity contribution in [1.82, 2.24) is 0 Å². The van der Waals surface area contributed by atoms with E-state index < -0.39 is 27.6 Å². The smallest absolute Gasteiger partial charge is 0.266 e. The van der Waals surface area contributed by atoms with E-state index in [2.05, 4.69) is 5.32 Å². The molecule has 0 unspecified atom stereocenters. The monoisotopic (exact) mass is 416 g/mol. The third kappa shape index (κ3) is 4.27. The molecule has 150 valence electrons. The Morgan fingerprint density at radius 3 is 2.24 bits per heavy atom. The highest BCUT2D eigenvalue weighted by molar-refractivity contribution is 7.93. The van der Waals surface area contributed by atoms with Crippen LogP contribution in [-0.4, -0.2) is 20.9 Å². The van der Waals surface area contributed by atoms with Crippen LogP contribution in [0.2, 0.25) is 0 Å². The van der Waals surface area contributed by atoms with Gasteiger partial charge in [0.15, 0.2) is 11.6 Å². The first-order valence-corrected chi connectivity index (χ1v) is 10.2. The highest BCUT2D eigenvalue weighted by Gasteiger charge is 2.27. The number of hydrogen-bond acceptors (Lipinski definition) is 3. The Kier molecular flexibility index (Phi) is 5.93. The molecule has 0 aliphatic rings. The number of amides is 1. The van der Waals surface area contributed by atoms with E-state index in [-0.39, 0.29) is 22.7 Å². The molecule has 0 atom stereocenters. The second-order valence-corrected chi connectivity index (χ2v) is 7.92. The van der Waals surface area contributed by atoms with Crippen molar-refractivity contribution < 1.29 is 22.0 Å². The number of halogens is 2. The van der Waals surface area contributed by atoms with E-state index in [0.717, 1.165) is 18.2 Å². The molecule has 0 heterocycles. The Morgan fingerprint density at radius 2 is 1.59 bits per heavy atom. The first kappa shape index (κ1) is 20.5. The van der Waals surface area contributed by atoms with E-state index in [1.165, 1.54) is 16.4 Å². The van der Waals surface area contributed by atoms with Crippen molar-refractivity contribution in [1.29, 1.82) is 0 Å². The largest absolute Gasteiger partial charge is 0.321 e. The molecule has 0 aliphatic carbocycles. The number of anilines is 2. The average molecular weight is 416 g/mol. The van der Waals surface area contributed by atoms with Crippen molar-refractivity contribution in [2.75, 3.05) is 16.2 Å². The summed E-state index contributed by atoms with van der Waals surface area (Å²) in [6, 6.07) is 17.2. The zero-order valence-electron chi connectivity index (χ0n) is 15.5. The van der Waals surface area contributed by atoms with Crippen LogP contribution in [0.5, 0.6) is 0 Å².